The van der Waals surface area contributed by atoms with Gasteiger partial charge in [-0.3, -0.25) is 4.79 Å². The van der Waals surface area contributed by atoms with Gasteiger partial charge in [0, 0.05) is 5.88 Å². The van der Waals surface area contributed by atoms with Crippen LogP contribution in [0.4, 0.5) is 0 Å². The molecule has 92 valence electrons. The maximum absolute atomic E-state index is 11.3. The number of rotatable bonds is 9. The molecule has 0 rings (SSSR count). The second-order valence-electron chi connectivity index (χ2n) is 3.47. The van der Waals surface area contributed by atoms with Gasteiger partial charge in [0.25, 0.3) is 0 Å². The predicted molar refractivity (Wildman–Crippen MR) is 67.4 cm³/mol. The molecule has 1 atom stereocenters. The van der Waals surface area contributed by atoms with Crippen LogP contribution < -0.4 is 0 Å². The van der Waals surface area contributed by atoms with Gasteiger partial charge in [0.2, 0.25) is 0 Å². The molecule has 0 amide bonds. The number of thiocyanates is 1. The Bertz CT molecular complexity index is 231. The second kappa shape index (κ2) is 11.1. The van der Waals surface area contributed by atoms with Crippen molar-refractivity contribution in [2.45, 2.75) is 43.8 Å². The molecular weight excluding hydrogens is 246 g/mol. The van der Waals surface area contributed by atoms with E-state index in [4.69, 9.17) is 16.9 Å². The standard InChI is InChI=1S/C11H18ClNO2S/c1-15-11(14)10(16-9-13)7-5-3-2-4-6-8-12/h10H,2-8H2,1H3. The van der Waals surface area contributed by atoms with Crippen LogP contribution in [0.25, 0.3) is 0 Å². The number of hydrogen-bond donors (Lipinski definition) is 0. The summed E-state index contributed by atoms with van der Waals surface area (Å²) in [6.45, 7) is 0. The third-order valence-electron chi connectivity index (χ3n) is 2.26. The first-order valence-corrected chi connectivity index (χ1v) is 6.86. The average Bonchev–Trinajstić information content (AvgIpc) is 2.31. The van der Waals surface area contributed by atoms with Crippen molar-refractivity contribution < 1.29 is 9.53 Å². The van der Waals surface area contributed by atoms with Crippen LogP contribution in [0.15, 0.2) is 0 Å². The Labute approximate surface area is 106 Å². The molecule has 0 aromatic carbocycles. The van der Waals surface area contributed by atoms with Crippen LogP contribution >= 0.6 is 23.4 Å². The van der Waals surface area contributed by atoms with Crippen molar-refractivity contribution in [3.05, 3.63) is 0 Å². The summed E-state index contributed by atoms with van der Waals surface area (Å²) in [6.07, 6.45) is 6.07. The monoisotopic (exact) mass is 263 g/mol. The molecule has 16 heavy (non-hydrogen) atoms. The van der Waals surface area contributed by atoms with E-state index in [0.717, 1.165) is 49.7 Å². The molecule has 0 spiro atoms. The van der Waals surface area contributed by atoms with E-state index < -0.39 is 0 Å². The molecule has 0 aromatic rings. The molecule has 3 nitrogen and oxygen atoms in total. The van der Waals surface area contributed by atoms with Crippen molar-refractivity contribution in [2.75, 3.05) is 13.0 Å². The molecule has 5 heteroatoms. The first kappa shape index (κ1) is 15.6. The predicted octanol–water partition coefficient (Wildman–Crippen LogP) is 3.32. The Hall–Kier alpha value is -0.400. The van der Waals surface area contributed by atoms with Crippen LogP contribution in [0.2, 0.25) is 0 Å². The van der Waals surface area contributed by atoms with Gasteiger partial charge in [0.15, 0.2) is 0 Å². The van der Waals surface area contributed by atoms with Crippen molar-refractivity contribution in [1.29, 1.82) is 5.26 Å². The van der Waals surface area contributed by atoms with Crippen molar-refractivity contribution in [3.8, 4) is 5.40 Å². The van der Waals surface area contributed by atoms with E-state index in [1.54, 1.807) is 0 Å². The number of thioether (sulfide) groups is 1. The van der Waals surface area contributed by atoms with Crippen molar-refractivity contribution in [1.82, 2.24) is 0 Å². The summed E-state index contributed by atoms with van der Waals surface area (Å²) in [5.74, 6) is 0.419. The lowest BCUT2D eigenvalue weighted by atomic mass is 10.1. The number of ether oxygens (including phenoxy) is 1. The van der Waals surface area contributed by atoms with Gasteiger partial charge >= 0.3 is 5.97 Å². The van der Waals surface area contributed by atoms with E-state index in [2.05, 4.69) is 4.74 Å². The van der Waals surface area contributed by atoms with Crippen LogP contribution in [0.5, 0.6) is 0 Å². The van der Waals surface area contributed by atoms with Crippen molar-refractivity contribution in [3.63, 3.8) is 0 Å². The normalized spacial score (nSPS) is 11.8. The Morgan fingerprint density at radius 3 is 2.56 bits per heavy atom. The van der Waals surface area contributed by atoms with Crippen molar-refractivity contribution in [2.24, 2.45) is 0 Å². The van der Waals surface area contributed by atoms with E-state index in [0.29, 0.717) is 6.42 Å². The van der Waals surface area contributed by atoms with Gasteiger partial charge in [-0.25, -0.2) is 0 Å². The smallest absolute Gasteiger partial charge is 0.319 e. The highest BCUT2D eigenvalue weighted by atomic mass is 35.5. The number of carbonyl (C=O) groups is 1. The second-order valence-corrected chi connectivity index (χ2v) is 4.83. The van der Waals surface area contributed by atoms with E-state index in [1.807, 2.05) is 5.40 Å². The minimum Gasteiger partial charge on any atom is -0.468 e. The minimum absolute atomic E-state index is 0.299. The molecule has 0 radical (unpaired) electrons. The molecule has 0 aliphatic rings. The van der Waals surface area contributed by atoms with E-state index in [1.165, 1.54) is 7.11 Å². The molecule has 0 saturated carbocycles. The zero-order valence-corrected chi connectivity index (χ0v) is 11.1. The number of nitrogens with zero attached hydrogens (tertiary/aromatic N) is 1. The summed E-state index contributed by atoms with van der Waals surface area (Å²) in [6, 6.07) is 0. The summed E-state index contributed by atoms with van der Waals surface area (Å²) in [7, 11) is 1.35. The number of esters is 1. The van der Waals surface area contributed by atoms with Crippen LogP contribution in [0.1, 0.15) is 38.5 Å². The molecule has 0 fully saturated rings. The van der Waals surface area contributed by atoms with Gasteiger partial charge in [0.05, 0.1) is 7.11 Å². The van der Waals surface area contributed by atoms with Gasteiger partial charge in [-0.2, -0.15) is 5.26 Å². The first-order chi connectivity index (χ1) is 7.76. The quantitative estimate of drug-likeness (QED) is 0.277. The third-order valence-corrected chi connectivity index (χ3v) is 3.34. The Balaban J connectivity index is 3.61. The number of nitriles is 1. The zero-order valence-electron chi connectivity index (χ0n) is 9.58. The SMILES string of the molecule is COC(=O)C(CCCCCCCCl)SC#N. The fourth-order valence-corrected chi connectivity index (χ4v) is 2.17. The minimum atomic E-state index is -0.331. The maximum atomic E-state index is 11.3. The van der Waals surface area contributed by atoms with Gasteiger partial charge in [-0.1, -0.05) is 25.7 Å². The van der Waals surface area contributed by atoms with Crippen LogP contribution in [0, 0.1) is 10.7 Å². The summed E-state index contributed by atoms with van der Waals surface area (Å²) < 4.78 is 4.63. The summed E-state index contributed by atoms with van der Waals surface area (Å²) in [5, 5.41) is 10.2. The summed E-state index contributed by atoms with van der Waals surface area (Å²) in [4.78, 5) is 11.3. The lowest BCUT2D eigenvalue weighted by molar-refractivity contribution is -0.140. The highest BCUT2D eigenvalue weighted by molar-refractivity contribution is 8.04. The number of halogens is 1. The zero-order chi connectivity index (χ0) is 12.2. The van der Waals surface area contributed by atoms with Crippen LogP contribution in [-0.4, -0.2) is 24.2 Å². The summed E-state index contributed by atoms with van der Waals surface area (Å²) >= 11 is 6.55. The summed E-state index contributed by atoms with van der Waals surface area (Å²) in [5.41, 5.74) is 0. The topological polar surface area (TPSA) is 50.1 Å². The number of alkyl halides is 1. The van der Waals surface area contributed by atoms with E-state index >= 15 is 0 Å². The molecular formula is C11H18ClNO2S. The number of hydrogen-bond acceptors (Lipinski definition) is 4. The molecule has 0 aromatic heterocycles. The largest absolute Gasteiger partial charge is 0.468 e. The molecule has 0 N–H and O–H groups in total. The Morgan fingerprint density at radius 1 is 1.38 bits per heavy atom. The third kappa shape index (κ3) is 7.84. The molecule has 0 saturated heterocycles. The Morgan fingerprint density at radius 2 is 2.00 bits per heavy atom. The highest BCUT2D eigenvalue weighted by Crippen LogP contribution is 2.18. The molecule has 1 unspecified atom stereocenters. The molecule has 0 aliphatic heterocycles. The van der Waals surface area contributed by atoms with Gasteiger partial charge in [0.1, 0.15) is 10.7 Å². The maximum Gasteiger partial charge on any atom is 0.319 e. The molecule has 0 heterocycles. The van der Waals surface area contributed by atoms with E-state index in [-0.39, 0.29) is 11.2 Å². The number of methoxy groups -OCH3 is 1. The van der Waals surface area contributed by atoms with Gasteiger partial charge in [-0.05, 0) is 24.6 Å². The van der Waals surface area contributed by atoms with E-state index in [9.17, 15) is 4.79 Å². The molecule has 0 aliphatic carbocycles. The fourth-order valence-electron chi connectivity index (χ4n) is 1.37. The van der Waals surface area contributed by atoms with Crippen LogP contribution in [-0.2, 0) is 9.53 Å². The highest BCUT2D eigenvalue weighted by Gasteiger charge is 2.18. The number of unbranched alkanes of at least 4 members (excludes halogenated alkanes) is 4. The van der Waals surface area contributed by atoms with Crippen LogP contribution in [0.3, 0.4) is 0 Å². The first-order valence-electron chi connectivity index (χ1n) is 5.44. The van der Waals surface area contributed by atoms with Gasteiger partial charge < -0.3 is 4.74 Å². The van der Waals surface area contributed by atoms with Gasteiger partial charge in [-0.15, -0.1) is 11.6 Å². The average molecular weight is 264 g/mol. The lowest BCUT2D eigenvalue weighted by Gasteiger charge is -2.09. The lowest BCUT2D eigenvalue weighted by Crippen LogP contribution is -2.18. The van der Waals surface area contributed by atoms with Crippen molar-refractivity contribution >= 4 is 29.3 Å². The Kier molecular flexibility index (Phi) is 10.8. The number of carbonyl (C=O) groups excluding carboxylic acids is 1. The fraction of sp³-hybridized carbons (Fsp3) is 0.818. The molecule has 0 bridgehead atoms.